The molecule has 2 aromatic carbocycles. The molecule has 198 valence electrons. The second-order valence-corrected chi connectivity index (χ2v) is 8.57. The fraction of sp³-hybridized carbons (Fsp3) is 0.259. The van der Waals surface area contributed by atoms with Crippen molar-refractivity contribution in [3.8, 4) is 34.1 Å². The van der Waals surface area contributed by atoms with Gasteiger partial charge in [0, 0.05) is 36.5 Å². The van der Waals surface area contributed by atoms with Gasteiger partial charge in [0.15, 0.2) is 28.8 Å². The van der Waals surface area contributed by atoms with Gasteiger partial charge < -0.3 is 28.3 Å². The minimum absolute atomic E-state index is 0.111. The number of rotatable bonds is 9. The Morgan fingerprint density at radius 2 is 1.61 bits per heavy atom. The van der Waals surface area contributed by atoms with Crippen LogP contribution in [0.2, 0.25) is 0 Å². The van der Waals surface area contributed by atoms with Gasteiger partial charge in [-0.1, -0.05) is 6.07 Å². The van der Waals surface area contributed by atoms with E-state index in [2.05, 4.69) is 4.98 Å². The third-order valence-corrected chi connectivity index (χ3v) is 6.51. The van der Waals surface area contributed by atoms with Crippen molar-refractivity contribution in [1.29, 1.82) is 0 Å². The molecule has 2 heterocycles. The Bertz CT molecular complexity index is 1570. The average molecular weight is 538 g/mol. The summed E-state index contributed by atoms with van der Waals surface area (Å²) in [6.07, 6.45) is 3.28. The molecule has 0 radical (unpaired) electrons. The van der Waals surface area contributed by atoms with Crippen molar-refractivity contribution < 1.29 is 32.7 Å². The Balaban J connectivity index is 2.22. The van der Waals surface area contributed by atoms with Crippen LogP contribution in [0.5, 0.6) is 23.0 Å². The van der Waals surface area contributed by atoms with E-state index in [0.717, 1.165) is 0 Å². The molecule has 4 rings (SSSR count). The standard InChI is InChI=1S/C27H27N3O7S/c1-7-37-27(31)23-22(15-8-9-18(33-3)19(12-15)34-4)16-13-20(35-5)21(36-6)14-17(16)29-24(23)25(38-32)26-28-10-11-30(26)2/h8-14H,7H2,1-6H3. The first-order valence-corrected chi connectivity index (χ1v) is 12.3. The highest BCUT2D eigenvalue weighted by molar-refractivity contribution is 7.67. The Morgan fingerprint density at radius 1 is 0.947 bits per heavy atom. The van der Waals surface area contributed by atoms with Gasteiger partial charge in [0.25, 0.3) is 0 Å². The van der Waals surface area contributed by atoms with Gasteiger partial charge in [0.2, 0.25) is 0 Å². The van der Waals surface area contributed by atoms with E-state index in [1.54, 1.807) is 61.3 Å². The van der Waals surface area contributed by atoms with E-state index in [4.69, 9.17) is 28.7 Å². The molecular weight excluding hydrogens is 510 g/mol. The smallest absolute Gasteiger partial charge is 0.341 e. The second-order valence-electron chi connectivity index (χ2n) is 8.00. The number of nitrogens with zero attached hydrogens (tertiary/aromatic N) is 3. The highest BCUT2D eigenvalue weighted by Crippen LogP contribution is 2.42. The monoisotopic (exact) mass is 537 g/mol. The molecule has 11 heteroatoms. The van der Waals surface area contributed by atoms with Gasteiger partial charge in [-0.15, -0.1) is 0 Å². The topological polar surface area (TPSA) is 111 Å². The van der Waals surface area contributed by atoms with Crippen LogP contribution in [0.15, 0.2) is 42.7 Å². The lowest BCUT2D eigenvalue weighted by Gasteiger charge is -2.19. The molecule has 0 aliphatic carbocycles. The maximum atomic E-state index is 13.6. The summed E-state index contributed by atoms with van der Waals surface area (Å²) in [4.78, 5) is 22.9. The summed E-state index contributed by atoms with van der Waals surface area (Å²) in [5.74, 6) is 1.57. The summed E-state index contributed by atoms with van der Waals surface area (Å²) in [5.41, 5.74) is 1.81. The number of hydrogen-bond acceptors (Lipinski definition) is 9. The molecular formula is C27H27N3O7S. The quantitative estimate of drug-likeness (QED) is 0.180. The molecule has 0 amide bonds. The zero-order valence-electron chi connectivity index (χ0n) is 21.9. The van der Waals surface area contributed by atoms with Crippen molar-refractivity contribution in [3.05, 3.63) is 59.8 Å². The predicted molar refractivity (Wildman–Crippen MR) is 144 cm³/mol. The van der Waals surface area contributed by atoms with Crippen LogP contribution in [0.25, 0.3) is 22.0 Å². The fourth-order valence-electron chi connectivity index (χ4n) is 4.22. The number of aryl methyl sites for hydroxylation is 1. The zero-order chi connectivity index (χ0) is 27.4. The van der Waals surface area contributed by atoms with Crippen molar-refractivity contribution in [2.75, 3.05) is 35.0 Å². The molecule has 0 fully saturated rings. The van der Waals surface area contributed by atoms with Gasteiger partial charge in [-0.05, 0) is 30.7 Å². The maximum Gasteiger partial charge on any atom is 0.341 e. The number of ether oxygens (including phenoxy) is 5. The Labute approximate surface area is 223 Å². The molecule has 38 heavy (non-hydrogen) atoms. The molecule has 0 saturated heterocycles. The third kappa shape index (κ3) is 4.68. The first-order chi connectivity index (χ1) is 18.4. The minimum Gasteiger partial charge on any atom is -0.493 e. The van der Waals surface area contributed by atoms with Crippen molar-refractivity contribution in [2.24, 2.45) is 7.05 Å². The second kappa shape index (κ2) is 11.3. The molecule has 0 spiro atoms. The Hall–Kier alpha value is -4.38. The number of esters is 1. The van der Waals surface area contributed by atoms with Crippen LogP contribution >= 0.6 is 0 Å². The zero-order valence-corrected chi connectivity index (χ0v) is 22.7. The fourth-order valence-corrected chi connectivity index (χ4v) is 4.71. The van der Waals surface area contributed by atoms with Gasteiger partial charge in [-0.25, -0.2) is 19.0 Å². The average Bonchev–Trinajstić information content (AvgIpc) is 3.36. The highest BCUT2D eigenvalue weighted by Gasteiger charge is 2.29. The van der Waals surface area contributed by atoms with E-state index in [-0.39, 0.29) is 34.0 Å². The molecule has 0 atom stereocenters. The van der Waals surface area contributed by atoms with E-state index < -0.39 is 5.97 Å². The van der Waals surface area contributed by atoms with E-state index in [1.807, 2.05) is 0 Å². The Morgan fingerprint density at radius 3 is 2.18 bits per heavy atom. The van der Waals surface area contributed by atoms with Gasteiger partial charge in [-0.3, -0.25) is 0 Å². The van der Waals surface area contributed by atoms with Gasteiger partial charge in [0.1, 0.15) is 21.8 Å². The SMILES string of the molecule is CCOC(=O)c1c(C(=S=O)c2nccn2C)nc2cc(OC)c(OC)cc2c1-c1ccc(OC)c(OC)c1. The summed E-state index contributed by atoms with van der Waals surface area (Å²) in [7, 11) is 7.87. The molecule has 0 saturated carbocycles. The van der Waals surface area contributed by atoms with Crippen molar-refractivity contribution in [3.63, 3.8) is 0 Å². The first kappa shape index (κ1) is 26.7. The van der Waals surface area contributed by atoms with E-state index in [0.29, 0.717) is 50.9 Å². The highest BCUT2D eigenvalue weighted by atomic mass is 32.1. The number of hydrogen-bond donors (Lipinski definition) is 0. The molecule has 0 unspecified atom stereocenters. The molecule has 0 aliphatic rings. The molecule has 4 aromatic rings. The van der Waals surface area contributed by atoms with Crippen LogP contribution in [0.1, 0.15) is 28.8 Å². The third-order valence-electron chi connectivity index (χ3n) is 5.96. The van der Waals surface area contributed by atoms with Crippen LogP contribution in [0.3, 0.4) is 0 Å². The summed E-state index contributed by atoms with van der Waals surface area (Å²) < 4.78 is 41.7. The number of methoxy groups -OCH3 is 4. The lowest BCUT2D eigenvalue weighted by atomic mass is 9.92. The number of carbonyl (C=O) groups is 1. The number of aromatic nitrogens is 3. The summed E-state index contributed by atoms with van der Waals surface area (Å²) >= 11 is 0.201. The van der Waals surface area contributed by atoms with Gasteiger partial charge in [-0.2, -0.15) is 0 Å². The molecule has 10 nitrogen and oxygen atoms in total. The number of benzene rings is 2. The lowest BCUT2D eigenvalue weighted by molar-refractivity contribution is 0.0527. The van der Waals surface area contributed by atoms with Crippen molar-refractivity contribution in [1.82, 2.24) is 14.5 Å². The van der Waals surface area contributed by atoms with Gasteiger partial charge >= 0.3 is 5.97 Å². The molecule has 0 aliphatic heterocycles. The summed E-state index contributed by atoms with van der Waals surface area (Å²) in [5, 5.41) is 0.580. The predicted octanol–water partition coefficient (Wildman–Crippen LogP) is 3.63. The van der Waals surface area contributed by atoms with Crippen molar-refractivity contribution in [2.45, 2.75) is 6.92 Å². The van der Waals surface area contributed by atoms with Crippen LogP contribution in [-0.4, -0.2) is 64.6 Å². The number of pyridine rings is 1. The number of fused-ring (bicyclic) bond motifs is 1. The van der Waals surface area contributed by atoms with Crippen LogP contribution in [-0.2, 0) is 23.0 Å². The summed E-state index contributed by atoms with van der Waals surface area (Å²) in [6, 6.07) is 8.72. The summed E-state index contributed by atoms with van der Waals surface area (Å²) in [6.45, 7) is 1.83. The largest absolute Gasteiger partial charge is 0.493 e. The van der Waals surface area contributed by atoms with Crippen LogP contribution in [0.4, 0.5) is 0 Å². The lowest BCUT2D eigenvalue weighted by Crippen LogP contribution is -2.19. The maximum absolute atomic E-state index is 13.6. The molecule has 2 aromatic heterocycles. The van der Waals surface area contributed by atoms with E-state index >= 15 is 0 Å². The van der Waals surface area contributed by atoms with E-state index in [9.17, 15) is 9.00 Å². The van der Waals surface area contributed by atoms with Crippen molar-refractivity contribution >= 4 is 33.0 Å². The van der Waals surface area contributed by atoms with E-state index in [1.165, 1.54) is 28.4 Å². The van der Waals surface area contributed by atoms with Crippen LogP contribution in [0, 0.1) is 0 Å². The minimum atomic E-state index is -0.641. The molecule has 0 bridgehead atoms. The number of imidazole rings is 1. The normalized spacial score (nSPS) is 10.7. The van der Waals surface area contributed by atoms with Gasteiger partial charge in [0.05, 0.1) is 46.1 Å². The first-order valence-electron chi connectivity index (χ1n) is 11.6. The number of carbonyl (C=O) groups excluding carboxylic acids is 1. The molecule has 0 N–H and O–H groups in total. The Kier molecular flexibility index (Phi) is 7.96. The van der Waals surface area contributed by atoms with Crippen LogP contribution < -0.4 is 18.9 Å².